The molecule has 1 aliphatic heterocycles. The maximum atomic E-state index is 12.8. The molecule has 1 aromatic rings. The van der Waals surface area contributed by atoms with Crippen LogP contribution in [-0.4, -0.2) is 57.9 Å². The minimum Gasteiger partial charge on any atom is -0.495 e. The maximum absolute atomic E-state index is 12.8. The van der Waals surface area contributed by atoms with Crippen molar-refractivity contribution in [2.45, 2.75) is 61.7 Å². The van der Waals surface area contributed by atoms with Crippen LogP contribution in [0.5, 0.6) is 5.75 Å². The van der Waals surface area contributed by atoms with E-state index in [0.29, 0.717) is 25.8 Å². The number of nitrogens with one attached hydrogen (secondary N) is 2. The normalized spacial score (nSPS) is 25.2. The van der Waals surface area contributed by atoms with E-state index in [1.165, 1.54) is 13.2 Å². The maximum Gasteiger partial charge on any atom is 0.244 e. The van der Waals surface area contributed by atoms with Gasteiger partial charge in [-0.25, -0.2) is 13.1 Å². The van der Waals surface area contributed by atoms with Crippen molar-refractivity contribution >= 4 is 15.9 Å². The van der Waals surface area contributed by atoms with Crippen LogP contribution in [0, 0.1) is 5.92 Å². The van der Waals surface area contributed by atoms with Crippen molar-refractivity contribution in [1.82, 2.24) is 10.0 Å². The number of hydrogen-bond donors (Lipinski definition) is 3. The number of methoxy groups -OCH3 is 1. The summed E-state index contributed by atoms with van der Waals surface area (Å²) < 4.78 is 39.3. The lowest BCUT2D eigenvalue weighted by Gasteiger charge is -2.36. The molecule has 1 saturated carbocycles. The molecule has 0 spiro atoms. The van der Waals surface area contributed by atoms with Gasteiger partial charge in [-0.3, -0.25) is 4.79 Å². The molecule has 9 heteroatoms. The average molecular weight is 427 g/mol. The predicted octanol–water partition coefficient (Wildman–Crippen LogP) is 1.19. The second-order valence-corrected chi connectivity index (χ2v) is 9.33. The first-order chi connectivity index (χ1) is 13.9. The molecular formula is C20H30N2O6S. The van der Waals surface area contributed by atoms with Gasteiger partial charge in [0.15, 0.2) is 0 Å². The second-order valence-electron chi connectivity index (χ2n) is 7.64. The molecule has 0 aromatic heterocycles. The number of aliphatic hydroxyl groups is 1. The Bertz CT molecular complexity index is 796. The van der Waals surface area contributed by atoms with Crippen molar-refractivity contribution in [2.75, 3.05) is 20.3 Å². The number of benzene rings is 1. The summed E-state index contributed by atoms with van der Waals surface area (Å²) in [7, 11) is -2.40. The Balaban J connectivity index is 1.53. The van der Waals surface area contributed by atoms with Gasteiger partial charge in [0.05, 0.1) is 32.0 Å². The molecule has 8 nitrogen and oxygen atoms in total. The molecule has 3 N–H and O–H groups in total. The zero-order valence-electron chi connectivity index (χ0n) is 16.7. The van der Waals surface area contributed by atoms with Gasteiger partial charge in [-0.05, 0) is 44.2 Å². The summed E-state index contributed by atoms with van der Waals surface area (Å²) in [5.41, 5.74) is 0. The number of para-hydroxylation sites is 1. The molecular weight excluding hydrogens is 396 g/mol. The number of carbonyl (C=O) groups excluding carboxylic acids is 1. The van der Waals surface area contributed by atoms with Gasteiger partial charge in [0.25, 0.3) is 0 Å². The Kier molecular flexibility index (Phi) is 7.50. The van der Waals surface area contributed by atoms with Crippen LogP contribution in [0.15, 0.2) is 29.2 Å². The number of rotatable bonds is 9. The number of amides is 1. The largest absolute Gasteiger partial charge is 0.495 e. The van der Waals surface area contributed by atoms with Crippen molar-refractivity contribution in [1.29, 1.82) is 0 Å². The smallest absolute Gasteiger partial charge is 0.244 e. The molecule has 1 amide bonds. The number of ether oxygens (including phenoxy) is 2. The Morgan fingerprint density at radius 1 is 1.24 bits per heavy atom. The molecule has 29 heavy (non-hydrogen) atoms. The molecule has 162 valence electrons. The molecule has 1 aromatic carbocycles. The molecule has 2 fully saturated rings. The van der Waals surface area contributed by atoms with E-state index in [2.05, 4.69) is 10.0 Å². The van der Waals surface area contributed by atoms with Gasteiger partial charge in [-0.15, -0.1) is 0 Å². The van der Waals surface area contributed by atoms with Crippen LogP contribution in [0.25, 0.3) is 0 Å². The molecule has 1 heterocycles. The highest BCUT2D eigenvalue weighted by Gasteiger charge is 2.34. The van der Waals surface area contributed by atoms with Crippen molar-refractivity contribution < 1.29 is 27.8 Å². The fraction of sp³-hybridized carbons (Fsp3) is 0.650. The highest BCUT2D eigenvalue weighted by molar-refractivity contribution is 7.89. The Morgan fingerprint density at radius 2 is 2.00 bits per heavy atom. The van der Waals surface area contributed by atoms with Crippen LogP contribution >= 0.6 is 0 Å². The number of sulfonamides is 1. The van der Waals surface area contributed by atoms with Crippen LogP contribution in [0.3, 0.4) is 0 Å². The first kappa shape index (κ1) is 22.0. The van der Waals surface area contributed by atoms with Gasteiger partial charge in [0.1, 0.15) is 10.6 Å². The molecule has 1 aliphatic carbocycles. The first-order valence-electron chi connectivity index (χ1n) is 10.1. The summed E-state index contributed by atoms with van der Waals surface area (Å²) >= 11 is 0. The molecule has 2 aliphatic rings. The average Bonchev–Trinajstić information content (AvgIpc) is 2.67. The van der Waals surface area contributed by atoms with E-state index in [-0.39, 0.29) is 35.2 Å². The van der Waals surface area contributed by atoms with Crippen LogP contribution in [0.2, 0.25) is 0 Å². The second kappa shape index (κ2) is 9.88. The Morgan fingerprint density at radius 3 is 2.66 bits per heavy atom. The predicted molar refractivity (Wildman–Crippen MR) is 107 cm³/mol. The first-order valence-corrected chi connectivity index (χ1v) is 11.6. The zero-order chi connectivity index (χ0) is 20.9. The molecule has 0 unspecified atom stereocenters. The summed E-state index contributed by atoms with van der Waals surface area (Å²) in [5, 5.41) is 12.7. The van der Waals surface area contributed by atoms with E-state index in [0.717, 1.165) is 19.3 Å². The van der Waals surface area contributed by atoms with Crippen LogP contribution in [0.1, 0.15) is 38.5 Å². The Labute approximate surface area is 172 Å². The summed E-state index contributed by atoms with van der Waals surface area (Å²) in [5.74, 6) is 0.520. The van der Waals surface area contributed by atoms with E-state index in [1.54, 1.807) is 18.2 Å². The third kappa shape index (κ3) is 5.48. The van der Waals surface area contributed by atoms with Crippen LogP contribution < -0.4 is 14.8 Å². The number of aliphatic hydroxyl groups excluding tert-OH is 1. The van der Waals surface area contributed by atoms with E-state index in [9.17, 15) is 18.3 Å². The van der Waals surface area contributed by atoms with Gasteiger partial charge in [0, 0.05) is 12.5 Å². The topological polar surface area (TPSA) is 114 Å². The molecule has 3 rings (SSSR count). The Hall–Kier alpha value is -1.68. The van der Waals surface area contributed by atoms with Crippen molar-refractivity contribution in [3.05, 3.63) is 24.3 Å². The fourth-order valence-electron chi connectivity index (χ4n) is 3.75. The van der Waals surface area contributed by atoms with Gasteiger partial charge >= 0.3 is 0 Å². The fourth-order valence-corrected chi connectivity index (χ4v) is 5.22. The highest BCUT2D eigenvalue weighted by atomic mass is 32.2. The summed E-state index contributed by atoms with van der Waals surface area (Å²) in [6, 6.07) is 5.87. The molecule has 3 atom stereocenters. The molecule has 0 radical (unpaired) electrons. The molecule has 1 saturated heterocycles. The zero-order valence-corrected chi connectivity index (χ0v) is 17.5. The lowest BCUT2D eigenvalue weighted by Crippen LogP contribution is -2.51. The highest BCUT2D eigenvalue weighted by Crippen LogP contribution is 2.28. The minimum absolute atomic E-state index is 0.0556. The molecule has 0 bridgehead atoms. The number of hydrogen-bond acceptors (Lipinski definition) is 6. The summed E-state index contributed by atoms with van der Waals surface area (Å²) in [4.78, 5) is 12.0. The van der Waals surface area contributed by atoms with Crippen molar-refractivity contribution in [3.63, 3.8) is 0 Å². The standard InChI is InChI=1S/C20H30N2O6S/c1-27-17-7-2-3-8-19(17)29(25,26)22-16-10-9-15(28-18(16)13-23)11-12-21-20(24)14-5-4-6-14/h2-3,7-8,14-16,18,22-23H,4-6,9-13H2,1H3,(H,21,24)/t15-,16+,18+/m1/s1. The van der Waals surface area contributed by atoms with Gasteiger partial charge in [-0.1, -0.05) is 18.6 Å². The van der Waals surface area contributed by atoms with Crippen molar-refractivity contribution in [3.8, 4) is 5.75 Å². The third-order valence-electron chi connectivity index (χ3n) is 5.70. The third-order valence-corrected chi connectivity index (χ3v) is 7.23. The lowest BCUT2D eigenvalue weighted by molar-refractivity contribution is -0.127. The van der Waals surface area contributed by atoms with E-state index in [4.69, 9.17) is 9.47 Å². The number of carbonyl (C=O) groups is 1. The van der Waals surface area contributed by atoms with E-state index < -0.39 is 22.2 Å². The van der Waals surface area contributed by atoms with Gasteiger partial charge in [0.2, 0.25) is 15.9 Å². The van der Waals surface area contributed by atoms with Gasteiger partial charge < -0.3 is 19.9 Å². The van der Waals surface area contributed by atoms with E-state index >= 15 is 0 Å². The van der Waals surface area contributed by atoms with Crippen LogP contribution in [0.4, 0.5) is 0 Å². The minimum atomic E-state index is -3.82. The van der Waals surface area contributed by atoms with Gasteiger partial charge in [-0.2, -0.15) is 0 Å². The van der Waals surface area contributed by atoms with E-state index in [1.807, 2.05) is 0 Å². The lowest BCUT2D eigenvalue weighted by atomic mass is 9.85. The summed E-state index contributed by atoms with van der Waals surface area (Å²) in [6.45, 7) is 0.236. The van der Waals surface area contributed by atoms with Crippen molar-refractivity contribution in [2.24, 2.45) is 5.92 Å². The quantitative estimate of drug-likeness (QED) is 0.547. The monoisotopic (exact) mass is 426 g/mol. The summed E-state index contributed by atoms with van der Waals surface area (Å²) in [6.07, 6.45) is 4.12. The van der Waals surface area contributed by atoms with Crippen LogP contribution in [-0.2, 0) is 19.6 Å². The SMILES string of the molecule is COc1ccccc1S(=O)(=O)N[C@H]1CC[C@H](CCNC(=O)C2CCC2)O[C@H]1CO.